The lowest BCUT2D eigenvalue weighted by Gasteiger charge is -2.11. The molecular weight excluding hydrogens is 268 g/mol. The zero-order valence-corrected chi connectivity index (χ0v) is 11.7. The Morgan fingerprint density at radius 2 is 1.71 bits per heavy atom. The van der Waals surface area contributed by atoms with Gasteiger partial charge in [-0.25, -0.2) is 0 Å². The highest BCUT2D eigenvalue weighted by Gasteiger charge is 2.05. The molecule has 0 saturated carbocycles. The van der Waals surface area contributed by atoms with Gasteiger partial charge in [0, 0.05) is 11.8 Å². The number of nitrogens with two attached hydrogens (primary N) is 1. The molecule has 0 radical (unpaired) electrons. The molecule has 0 atom stereocenters. The fraction of sp³-hybridized carbons (Fsp3) is 0.188. The first-order valence-corrected chi connectivity index (χ1v) is 6.42. The van der Waals surface area contributed by atoms with Crippen LogP contribution < -0.4 is 19.9 Å². The van der Waals surface area contributed by atoms with Crippen molar-refractivity contribution in [2.75, 3.05) is 26.1 Å². The predicted molar refractivity (Wildman–Crippen MR) is 79.6 cm³/mol. The van der Waals surface area contributed by atoms with Crippen LogP contribution in [0.15, 0.2) is 42.5 Å². The third-order valence-corrected chi connectivity index (χ3v) is 2.78. The molecule has 0 bridgehead atoms. The smallest absolute Gasteiger partial charge is 0.162 e. The zero-order valence-electron chi connectivity index (χ0n) is 11.7. The Morgan fingerprint density at radius 1 is 1.00 bits per heavy atom. The SMILES string of the molecule is COc1cc(C#N)ccc1OCCOc1ccc(N)cc1. The van der Waals surface area contributed by atoms with Gasteiger partial charge in [0.1, 0.15) is 19.0 Å². The molecule has 0 heterocycles. The Balaban J connectivity index is 1.86. The molecular formula is C16H16N2O3. The monoisotopic (exact) mass is 284 g/mol. The van der Waals surface area contributed by atoms with Crippen molar-refractivity contribution in [3.05, 3.63) is 48.0 Å². The average molecular weight is 284 g/mol. The number of hydrogen-bond donors (Lipinski definition) is 1. The van der Waals surface area contributed by atoms with E-state index in [1.165, 1.54) is 7.11 Å². The molecule has 2 N–H and O–H groups in total. The second-order valence-corrected chi connectivity index (χ2v) is 4.24. The lowest BCUT2D eigenvalue weighted by Crippen LogP contribution is -2.09. The third-order valence-electron chi connectivity index (χ3n) is 2.78. The fourth-order valence-electron chi connectivity index (χ4n) is 1.73. The molecule has 0 saturated heterocycles. The second kappa shape index (κ2) is 7.06. The first-order valence-electron chi connectivity index (χ1n) is 6.42. The Hall–Kier alpha value is -2.87. The number of hydrogen-bond acceptors (Lipinski definition) is 5. The van der Waals surface area contributed by atoms with Gasteiger partial charge < -0.3 is 19.9 Å². The summed E-state index contributed by atoms with van der Waals surface area (Å²) in [5.74, 6) is 1.85. The van der Waals surface area contributed by atoms with E-state index in [4.69, 9.17) is 25.2 Å². The molecule has 0 aromatic heterocycles. The lowest BCUT2D eigenvalue weighted by molar-refractivity contribution is 0.211. The highest BCUT2D eigenvalue weighted by Crippen LogP contribution is 2.27. The molecule has 0 unspecified atom stereocenters. The van der Waals surface area contributed by atoms with Gasteiger partial charge >= 0.3 is 0 Å². The summed E-state index contributed by atoms with van der Waals surface area (Å²) in [6.45, 7) is 0.764. The van der Waals surface area contributed by atoms with Crippen LogP contribution in [-0.4, -0.2) is 20.3 Å². The van der Waals surface area contributed by atoms with Gasteiger partial charge in [0.05, 0.1) is 18.7 Å². The van der Waals surface area contributed by atoms with E-state index in [0.717, 1.165) is 5.75 Å². The van der Waals surface area contributed by atoms with Crippen molar-refractivity contribution < 1.29 is 14.2 Å². The van der Waals surface area contributed by atoms with E-state index >= 15 is 0 Å². The second-order valence-electron chi connectivity index (χ2n) is 4.24. The van der Waals surface area contributed by atoms with Gasteiger partial charge in [-0.3, -0.25) is 0 Å². The largest absolute Gasteiger partial charge is 0.493 e. The minimum absolute atomic E-state index is 0.368. The quantitative estimate of drug-likeness (QED) is 0.651. The Labute approximate surface area is 123 Å². The minimum atomic E-state index is 0.368. The number of rotatable bonds is 6. The van der Waals surface area contributed by atoms with Gasteiger partial charge in [-0.2, -0.15) is 5.26 Å². The van der Waals surface area contributed by atoms with Crippen molar-refractivity contribution in [3.8, 4) is 23.3 Å². The highest BCUT2D eigenvalue weighted by molar-refractivity contribution is 5.46. The Morgan fingerprint density at radius 3 is 2.38 bits per heavy atom. The van der Waals surface area contributed by atoms with Crippen LogP contribution in [0.3, 0.4) is 0 Å². The highest BCUT2D eigenvalue weighted by atomic mass is 16.5. The van der Waals surface area contributed by atoms with Crippen LogP contribution in [0, 0.1) is 11.3 Å². The normalized spacial score (nSPS) is 9.71. The summed E-state index contributed by atoms with van der Waals surface area (Å²) in [7, 11) is 1.54. The van der Waals surface area contributed by atoms with Crippen molar-refractivity contribution in [1.29, 1.82) is 5.26 Å². The number of nitriles is 1. The van der Waals surface area contributed by atoms with E-state index in [2.05, 4.69) is 6.07 Å². The minimum Gasteiger partial charge on any atom is -0.493 e. The number of methoxy groups -OCH3 is 1. The van der Waals surface area contributed by atoms with E-state index in [1.54, 1.807) is 42.5 Å². The molecule has 2 aromatic rings. The molecule has 0 fully saturated rings. The number of nitrogen functional groups attached to an aromatic ring is 1. The molecule has 21 heavy (non-hydrogen) atoms. The fourth-order valence-corrected chi connectivity index (χ4v) is 1.73. The average Bonchev–Trinajstić information content (AvgIpc) is 2.53. The van der Waals surface area contributed by atoms with Crippen LogP contribution in [0.25, 0.3) is 0 Å². The molecule has 2 aromatic carbocycles. The summed E-state index contributed by atoms with van der Waals surface area (Å²) in [5.41, 5.74) is 6.82. The zero-order chi connectivity index (χ0) is 15.1. The van der Waals surface area contributed by atoms with Gasteiger partial charge in [-0.05, 0) is 36.4 Å². The summed E-state index contributed by atoms with van der Waals surface area (Å²) >= 11 is 0. The van der Waals surface area contributed by atoms with Crippen molar-refractivity contribution in [1.82, 2.24) is 0 Å². The summed E-state index contributed by atoms with van der Waals surface area (Å²) in [6.07, 6.45) is 0. The van der Waals surface area contributed by atoms with Crippen molar-refractivity contribution >= 4 is 5.69 Å². The lowest BCUT2D eigenvalue weighted by atomic mass is 10.2. The standard InChI is InChI=1S/C16H16N2O3/c1-19-16-10-12(11-17)2-7-15(16)21-9-8-20-14-5-3-13(18)4-6-14/h2-7,10H,8-9,18H2,1H3. The van der Waals surface area contributed by atoms with Crippen molar-refractivity contribution in [2.24, 2.45) is 0 Å². The van der Waals surface area contributed by atoms with E-state index < -0.39 is 0 Å². The van der Waals surface area contributed by atoms with E-state index in [-0.39, 0.29) is 0 Å². The maximum atomic E-state index is 8.83. The molecule has 0 amide bonds. The number of nitrogens with zero attached hydrogens (tertiary/aromatic N) is 1. The molecule has 5 heteroatoms. The molecule has 5 nitrogen and oxygen atoms in total. The van der Waals surface area contributed by atoms with Crippen LogP contribution in [0.1, 0.15) is 5.56 Å². The third kappa shape index (κ3) is 4.05. The van der Waals surface area contributed by atoms with Gasteiger partial charge in [-0.15, -0.1) is 0 Å². The van der Waals surface area contributed by atoms with Crippen LogP contribution in [0.2, 0.25) is 0 Å². The van der Waals surface area contributed by atoms with E-state index in [1.807, 2.05) is 0 Å². The van der Waals surface area contributed by atoms with Crippen molar-refractivity contribution in [2.45, 2.75) is 0 Å². The Bertz CT molecular complexity index is 633. The van der Waals surface area contributed by atoms with Crippen LogP contribution in [0.5, 0.6) is 17.2 Å². The molecule has 0 spiro atoms. The number of anilines is 1. The Kier molecular flexibility index (Phi) is 4.89. The van der Waals surface area contributed by atoms with Gasteiger partial charge in [-0.1, -0.05) is 0 Å². The van der Waals surface area contributed by atoms with Crippen LogP contribution >= 0.6 is 0 Å². The first-order chi connectivity index (χ1) is 10.2. The maximum Gasteiger partial charge on any atom is 0.162 e. The number of benzene rings is 2. The van der Waals surface area contributed by atoms with Crippen LogP contribution in [-0.2, 0) is 0 Å². The maximum absolute atomic E-state index is 8.83. The van der Waals surface area contributed by atoms with E-state index in [9.17, 15) is 0 Å². The van der Waals surface area contributed by atoms with Gasteiger partial charge in [0.15, 0.2) is 11.5 Å². The predicted octanol–water partition coefficient (Wildman–Crippen LogP) is 2.61. The molecule has 108 valence electrons. The topological polar surface area (TPSA) is 77.5 Å². The summed E-state index contributed by atoms with van der Waals surface area (Å²) in [4.78, 5) is 0. The van der Waals surface area contributed by atoms with Gasteiger partial charge in [0.2, 0.25) is 0 Å². The molecule has 0 aliphatic carbocycles. The summed E-state index contributed by atoms with van der Waals surface area (Å²) < 4.78 is 16.3. The summed E-state index contributed by atoms with van der Waals surface area (Å²) in [5, 5.41) is 8.83. The molecule has 0 aliphatic heterocycles. The van der Waals surface area contributed by atoms with Gasteiger partial charge in [0.25, 0.3) is 0 Å². The number of ether oxygens (including phenoxy) is 3. The van der Waals surface area contributed by atoms with E-state index in [0.29, 0.717) is 36.0 Å². The van der Waals surface area contributed by atoms with Crippen molar-refractivity contribution in [3.63, 3.8) is 0 Å². The van der Waals surface area contributed by atoms with Crippen LogP contribution in [0.4, 0.5) is 5.69 Å². The first kappa shape index (κ1) is 14.5. The molecule has 2 rings (SSSR count). The summed E-state index contributed by atoms with van der Waals surface area (Å²) in [6, 6.07) is 14.2. The molecule has 0 aliphatic rings.